The number of carbonyl (C=O) groups excluding carboxylic acids is 1. The third-order valence-corrected chi connectivity index (χ3v) is 1.76. The fourth-order valence-corrected chi connectivity index (χ4v) is 1.42. The zero-order valence-electron chi connectivity index (χ0n) is 5.51. The Bertz CT molecular complexity index is 318. The molecule has 0 unspecified atom stereocenters. The molecule has 0 fully saturated rings. The fraction of sp³-hybridized carbons (Fsp3) is 0. The summed E-state index contributed by atoms with van der Waals surface area (Å²) in [7, 11) is 0. The average molecular weight is 226 g/mol. The van der Waals surface area contributed by atoms with E-state index in [4.69, 9.17) is 40.5 Å². The van der Waals surface area contributed by atoms with Crippen LogP contribution in [0.1, 0.15) is 10.4 Å². The van der Waals surface area contributed by atoms with E-state index in [1.807, 2.05) is 0 Å². The predicted molar refractivity (Wildman–Crippen MR) is 45.6 cm³/mol. The maximum atomic E-state index is 10.7. The summed E-state index contributed by atoms with van der Waals surface area (Å²) >= 11 is 16.4. The van der Waals surface area contributed by atoms with Gasteiger partial charge in [-0.2, -0.15) is 0 Å². The lowest BCUT2D eigenvalue weighted by molar-refractivity contribution is 0.1000. The van der Waals surface area contributed by atoms with Crippen molar-refractivity contribution >= 4 is 40.7 Å². The SMILES string of the molecule is NC(=O)c1c(Cl)nc(Cl)nc1Cl. The summed E-state index contributed by atoms with van der Waals surface area (Å²) in [6, 6.07) is 0. The maximum Gasteiger partial charge on any atom is 0.254 e. The fourth-order valence-electron chi connectivity index (χ4n) is 0.587. The highest BCUT2D eigenvalue weighted by atomic mass is 35.5. The highest BCUT2D eigenvalue weighted by Crippen LogP contribution is 2.21. The smallest absolute Gasteiger partial charge is 0.254 e. The van der Waals surface area contributed by atoms with Crippen LogP contribution in [0.4, 0.5) is 0 Å². The third-order valence-electron chi connectivity index (χ3n) is 1.04. The van der Waals surface area contributed by atoms with Crippen molar-refractivity contribution in [3.05, 3.63) is 21.2 Å². The van der Waals surface area contributed by atoms with Gasteiger partial charge in [0.1, 0.15) is 15.9 Å². The van der Waals surface area contributed by atoms with Crippen molar-refractivity contribution in [1.29, 1.82) is 0 Å². The van der Waals surface area contributed by atoms with Crippen LogP contribution < -0.4 is 5.73 Å². The Labute approximate surface area is 82.6 Å². The quantitative estimate of drug-likeness (QED) is 0.583. The van der Waals surface area contributed by atoms with Crippen LogP contribution >= 0.6 is 34.8 Å². The van der Waals surface area contributed by atoms with Gasteiger partial charge in [0, 0.05) is 0 Å². The number of aromatic nitrogens is 2. The number of hydrogen-bond donors (Lipinski definition) is 1. The number of rotatable bonds is 1. The molecule has 1 aromatic rings. The summed E-state index contributed by atoms with van der Waals surface area (Å²) in [6.45, 7) is 0. The summed E-state index contributed by atoms with van der Waals surface area (Å²) in [5, 5.41) is -0.421. The predicted octanol–water partition coefficient (Wildman–Crippen LogP) is 1.54. The summed E-state index contributed by atoms with van der Waals surface area (Å²) in [5.41, 5.74) is 4.81. The number of amides is 1. The molecule has 2 N–H and O–H groups in total. The molecule has 1 rings (SSSR count). The Morgan fingerprint density at radius 2 is 1.58 bits per heavy atom. The Morgan fingerprint density at radius 3 is 1.92 bits per heavy atom. The Balaban J connectivity index is 3.38. The molecule has 7 heteroatoms. The number of nitrogens with zero attached hydrogens (tertiary/aromatic N) is 2. The molecule has 0 aromatic carbocycles. The van der Waals surface area contributed by atoms with E-state index in [0.717, 1.165) is 0 Å². The molecule has 12 heavy (non-hydrogen) atoms. The van der Waals surface area contributed by atoms with Crippen molar-refractivity contribution in [3.8, 4) is 0 Å². The van der Waals surface area contributed by atoms with E-state index in [-0.39, 0.29) is 21.2 Å². The minimum absolute atomic E-state index is 0.122. The van der Waals surface area contributed by atoms with Crippen LogP contribution in [0.2, 0.25) is 15.6 Å². The lowest BCUT2D eigenvalue weighted by Crippen LogP contribution is -2.13. The summed E-state index contributed by atoms with van der Waals surface area (Å²) in [4.78, 5) is 17.7. The lowest BCUT2D eigenvalue weighted by Gasteiger charge is -2.00. The monoisotopic (exact) mass is 225 g/mol. The first-order chi connectivity index (χ1) is 5.52. The first-order valence-corrected chi connectivity index (χ1v) is 3.84. The van der Waals surface area contributed by atoms with Crippen LogP contribution in [0.25, 0.3) is 0 Å². The van der Waals surface area contributed by atoms with Gasteiger partial charge in [-0.25, -0.2) is 9.97 Å². The van der Waals surface area contributed by atoms with E-state index in [0.29, 0.717) is 0 Å². The average Bonchev–Trinajstić information content (AvgIpc) is 1.82. The highest BCUT2D eigenvalue weighted by molar-refractivity contribution is 6.39. The molecule has 0 aliphatic carbocycles. The maximum absolute atomic E-state index is 10.7. The van der Waals surface area contributed by atoms with E-state index < -0.39 is 5.91 Å². The molecule has 0 spiro atoms. The molecule has 1 aromatic heterocycles. The van der Waals surface area contributed by atoms with E-state index in [9.17, 15) is 4.79 Å². The number of hydrogen-bond acceptors (Lipinski definition) is 3. The van der Waals surface area contributed by atoms with Gasteiger partial charge in [0.05, 0.1) is 0 Å². The van der Waals surface area contributed by atoms with Gasteiger partial charge in [-0.05, 0) is 11.6 Å². The van der Waals surface area contributed by atoms with Gasteiger partial charge in [-0.1, -0.05) is 23.2 Å². The number of halogens is 3. The Hall–Kier alpha value is -0.580. The van der Waals surface area contributed by atoms with Crippen LogP contribution in [-0.2, 0) is 0 Å². The second kappa shape index (κ2) is 3.43. The zero-order chi connectivity index (χ0) is 9.30. The van der Waals surface area contributed by atoms with E-state index in [1.54, 1.807) is 0 Å². The molecule has 4 nitrogen and oxygen atoms in total. The number of carbonyl (C=O) groups is 1. The lowest BCUT2D eigenvalue weighted by atomic mass is 10.3. The second-order valence-corrected chi connectivity index (χ2v) is 2.87. The third kappa shape index (κ3) is 1.77. The van der Waals surface area contributed by atoms with Gasteiger partial charge >= 0.3 is 0 Å². The van der Waals surface area contributed by atoms with Gasteiger partial charge in [0.25, 0.3) is 5.91 Å². The van der Waals surface area contributed by atoms with Crippen molar-refractivity contribution in [2.24, 2.45) is 5.73 Å². The summed E-state index contributed by atoms with van der Waals surface area (Å²) in [5.74, 6) is -0.790. The Kier molecular flexibility index (Phi) is 2.72. The molecule has 1 heterocycles. The zero-order valence-corrected chi connectivity index (χ0v) is 7.78. The van der Waals surface area contributed by atoms with Gasteiger partial charge in [0.15, 0.2) is 0 Å². The normalized spacial score (nSPS) is 9.92. The molecule has 0 saturated heterocycles. The van der Waals surface area contributed by atoms with E-state index in [2.05, 4.69) is 9.97 Å². The minimum Gasteiger partial charge on any atom is -0.365 e. The van der Waals surface area contributed by atoms with Gasteiger partial charge in [0.2, 0.25) is 5.28 Å². The van der Waals surface area contributed by atoms with Crippen LogP contribution in [0.15, 0.2) is 0 Å². The molecule has 64 valence electrons. The summed E-state index contributed by atoms with van der Waals surface area (Å²) < 4.78 is 0. The molecular weight excluding hydrogens is 224 g/mol. The molecule has 0 aliphatic heterocycles. The standard InChI is InChI=1S/C5H2Cl3N3O/c6-2-1(4(9)12)3(7)11-5(8)10-2/h(H2,9,12). The summed E-state index contributed by atoms with van der Waals surface area (Å²) in [6.07, 6.45) is 0. The van der Waals surface area contributed by atoms with Crippen LogP contribution in [0.3, 0.4) is 0 Å². The second-order valence-electron chi connectivity index (χ2n) is 1.81. The van der Waals surface area contributed by atoms with E-state index >= 15 is 0 Å². The van der Waals surface area contributed by atoms with Crippen LogP contribution in [0, 0.1) is 0 Å². The number of nitrogens with two attached hydrogens (primary N) is 1. The van der Waals surface area contributed by atoms with Crippen LogP contribution in [-0.4, -0.2) is 15.9 Å². The van der Waals surface area contributed by atoms with Gasteiger partial charge in [-0.3, -0.25) is 4.79 Å². The first-order valence-electron chi connectivity index (χ1n) is 2.70. The molecule has 0 radical (unpaired) electrons. The molecule has 0 bridgehead atoms. The van der Waals surface area contributed by atoms with Crippen molar-refractivity contribution in [2.45, 2.75) is 0 Å². The topological polar surface area (TPSA) is 68.9 Å². The Morgan fingerprint density at radius 1 is 1.17 bits per heavy atom. The van der Waals surface area contributed by atoms with Crippen molar-refractivity contribution in [2.75, 3.05) is 0 Å². The van der Waals surface area contributed by atoms with Gasteiger partial charge in [-0.15, -0.1) is 0 Å². The number of primary amides is 1. The van der Waals surface area contributed by atoms with Crippen LogP contribution in [0.5, 0.6) is 0 Å². The molecule has 0 saturated carbocycles. The van der Waals surface area contributed by atoms with E-state index in [1.165, 1.54) is 0 Å². The minimum atomic E-state index is -0.790. The van der Waals surface area contributed by atoms with Gasteiger partial charge < -0.3 is 5.73 Å². The molecule has 0 atom stereocenters. The van der Waals surface area contributed by atoms with Crippen molar-refractivity contribution in [3.63, 3.8) is 0 Å². The largest absolute Gasteiger partial charge is 0.365 e. The van der Waals surface area contributed by atoms with Crippen molar-refractivity contribution < 1.29 is 4.79 Å². The molecule has 0 aliphatic rings. The highest BCUT2D eigenvalue weighted by Gasteiger charge is 2.15. The van der Waals surface area contributed by atoms with Crippen molar-refractivity contribution in [1.82, 2.24) is 9.97 Å². The molecular formula is C5H2Cl3N3O. The molecule has 1 amide bonds. The first kappa shape index (κ1) is 9.51.